The van der Waals surface area contributed by atoms with Gasteiger partial charge in [-0.05, 0) is 18.2 Å². The molecule has 2 aromatic carbocycles. The first-order valence-electron chi connectivity index (χ1n) is 7.78. The van der Waals surface area contributed by atoms with Crippen molar-refractivity contribution in [2.75, 3.05) is 13.2 Å². The second kappa shape index (κ2) is 7.81. The van der Waals surface area contributed by atoms with E-state index in [1.165, 1.54) is 6.07 Å². The molecule has 136 valence electrons. The molecule has 1 aliphatic heterocycles. The Bertz CT molecular complexity index is 827. The minimum atomic E-state index is -0.979. The normalized spacial score (nSPS) is 15.2. The van der Waals surface area contributed by atoms with E-state index in [2.05, 4.69) is 5.32 Å². The molecule has 8 heteroatoms. The van der Waals surface area contributed by atoms with Crippen molar-refractivity contribution in [1.29, 1.82) is 0 Å². The number of hydrogen-bond acceptors (Lipinski definition) is 5. The maximum Gasteiger partial charge on any atom is 0.351 e. The Hall–Kier alpha value is -3.16. The van der Waals surface area contributed by atoms with E-state index in [0.29, 0.717) is 11.5 Å². The average molecular weight is 363 g/mol. The summed E-state index contributed by atoms with van der Waals surface area (Å²) < 4.78 is 42.0. The third-order valence-electron chi connectivity index (χ3n) is 3.61. The van der Waals surface area contributed by atoms with E-state index < -0.39 is 36.2 Å². The number of carbonyl (C=O) groups is 2. The molecule has 0 unspecified atom stereocenters. The third kappa shape index (κ3) is 4.27. The van der Waals surface area contributed by atoms with Crippen molar-refractivity contribution in [2.24, 2.45) is 0 Å². The van der Waals surface area contributed by atoms with Gasteiger partial charge in [-0.15, -0.1) is 0 Å². The minimum Gasteiger partial charge on any atom is -0.485 e. The van der Waals surface area contributed by atoms with E-state index >= 15 is 0 Å². The molecule has 6 nitrogen and oxygen atoms in total. The van der Waals surface area contributed by atoms with Crippen LogP contribution in [-0.4, -0.2) is 31.2 Å². The van der Waals surface area contributed by atoms with Crippen LogP contribution in [0.3, 0.4) is 0 Å². The van der Waals surface area contributed by atoms with Crippen molar-refractivity contribution in [2.45, 2.75) is 12.6 Å². The van der Waals surface area contributed by atoms with Crippen molar-refractivity contribution in [1.82, 2.24) is 5.32 Å². The summed E-state index contributed by atoms with van der Waals surface area (Å²) in [6.45, 7) is -0.736. The molecule has 0 saturated carbocycles. The number of fused-ring (bicyclic) bond motifs is 1. The zero-order chi connectivity index (χ0) is 18.5. The van der Waals surface area contributed by atoms with Gasteiger partial charge in [-0.3, -0.25) is 4.79 Å². The Morgan fingerprint density at radius 3 is 2.69 bits per heavy atom. The fourth-order valence-electron chi connectivity index (χ4n) is 2.28. The Balaban J connectivity index is 1.45. The van der Waals surface area contributed by atoms with Crippen LogP contribution < -0.4 is 14.8 Å². The largest absolute Gasteiger partial charge is 0.485 e. The van der Waals surface area contributed by atoms with E-state index in [1.807, 2.05) is 0 Å². The number of esters is 1. The first kappa shape index (κ1) is 17.7. The standard InChI is InChI=1S/C18H15F2NO5/c19-12-6-5-11(13(20)7-12)8-21-17(22)10-25-18(23)16-9-24-14-3-1-2-4-15(14)26-16/h1-7,16H,8-10H2,(H,21,22)/t16-/m0/s1. The number of ether oxygens (including phenoxy) is 3. The molecule has 1 aliphatic rings. The maximum atomic E-state index is 13.5. The number of amides is 1. The zero-order valence-electron chi connectivity index (χ0n) is 13.5. The highest BCUT2D eigenvalue weighted by Crippen LogP contribution is 2.31. The number of halogens is 2. The molecule has 1 N–H and O–H groups in total. The summed E-state index contributed by atoms with van der Waals surface area (Å²) in [6.07, 6.45) is -0.979. The number of hydrogen-bond donors (Lipinski definition) is 1. The molecule has 0 saturated heterocycles. The molecule has 0 aromatic heterocycles. The summed E-state index contributed by atoms with van der Waals surface area (Å²) in [7, 11) is 0. The summed E-state index contributed by atoms with van der Waals surface area (Å²) in [6, 6.07) is 9.90. The Labute approximate surface area is 147 Å². The summed E-state index contributed by atoms with van der Waals surface area (Å²) in [5.74, 6) is -1.91. The van der Waals surface area contributed by atoms with Gasteiger partial charge in [0.25, 0.3) is 5.91 Å². The number of para-hydroxylation sites is 2. The third-order valence-corrected chi connectivity index (χ3v) is 3.61. The van der Waals surface area contributed by atoms with Gasteiger partial charge >= 0.3 is 5.97 Å². The molecule has 0 bridgehead atoms. The lowest BCUT2D eigenvalue weighted by Crippen LogP contribution is -2.39. The molecule has 2 aromatic rings. The maximum absolute atomic E-state index is 13.5. The first-order chi connectivity index (χ1) is 12.5. The lowest BCUT2D eigenvalue weighted by atomic mass is 10.2. The predicted octanol–water partition coefficient (Wildman–Crippen LogP) is 1.96. The highest BCUT2D eigenvalue weighted by molar-refractivity contribution is 5.82. The number of benzene rings is 2. The molecule has 1 atom stereocenters. The van der Waals surface area contributed by atoms with Gasteiger partial charge in [0.1, 0.15) is 18.2 Å². The van der Waals surface area contributed by atoms with Gasteiger partial charge in [0, 0.05) is 18.2 Å². The summed E-state index contributed by atoms with van der Waals surface area (Å²) in [5, 5.41) is 2.38. The number of rotatable bonds is 5. The van der Waals surface area contributed by atoms with Crippen LogP contribution in [0, 0.1) is 11.6 Å². The van der Waals surface area contributed by atoms with Gasteiger partial charge in [-0.2, -0.15) is 0 Å². The molecule has 1 amide bonds. The van der Waals surface area contributed by atoms with E-state index in [4.69, 9.17) is 14.2 Å². The Morgan fingerprint density at radius 2 is 1.92 bits per heavy atom. The van der Waals surface area contributed by atoms with Crippen molar-refractivity contribution >= 4 is 11.9 Å². The number of nitrogens with one attached hydrogen (secondary N) is 1. The minimum absolute atomic E-state index is 0.0295. The second-order valence-corrected chi connectivity index (χ2v) is 5.48. The van der Waals surface area contributed by atoms with Crippen LogP contribution in [0.1, 0.15) is 5.56 Å². The molecule has 3 rings (SSSR count). The van der Waals surface area contributed by atoms with E-state index in [1.54, 1.807) is 24.3 Å². The zero-order valence-corrected chi connectivity index (χ0v) is 13.5. The van der Waals surface area contributed by atoms with Gasteiger partial charge in [-0.1, -0.05) is 18.2 Å². The Morgan fingerprint density at radius 1 is 1.15 bits per heavy atom. The average Bonchev–Trinajstić information content (AvgIpc) is 2.65. The van der Waals surface area contributed by atoms with Gasteiger partial charge in [-0.25, -0.2) is 13.6 Å². The van der Waals surface area contributed by atoms with Crippen molar-refractivity contribution in [3.05, 3.63) is 59.7 Å². The van der Waals surface area contributed by atoms with Crippen molar-refractivity contribution < 1.29 is 32.6 Å². The van der Waals surface area contributed by atoms with Gasteiger partial charge in [0.2, 0.25) is 6.10 Å². The van der Waals surface area contributed by atoms with Crippen LogP contribution in [-0.2, 0) is 20.9 Å². The molecule has 0 fully saturated rings. The van der Waals surface area contributed by atoms with Crippen molar-refractivity contribution in [3.63, 3.8) is 0 Å². The molecule has 0 spiro atoms. The van der Waals surface area contributed by atoms with Gasteiger partial charge in [0.15, 0.2) is 18.1 Å². The highest BCUT2D eigenvalue weighted by atomic mass is 19.1. The van der Waals surface area contributed by atoms with Gasteiger partial charge < -0.3 is 19.5 Å². The lowest BCUT2D eigenvalue weighted by molar-refractivity contribution is -0.157. The lowest BCUT2D eigenvalue weighted by Gasteiger charge is -2.24. The Kier molecular flexibility index (Phi) is 5.31. The van der Waals surface area contributed by atoms with Crippen LogP contribution in [0.4, 0.5) is 8.78 Å². The van der Waals surface area contributed by atoms with Crippen molar-refractivity contribution in [3.8, 4) is 11.5 Å². The van der Waals surface area contributed by atoms with Gasteiger partial charge in [0.05, 0.1) is 0 Å². The fourth-order valence-corrected chi connectivity index (χ4v) is 2.28. The van der Waals surface area contributed by atoms with Crippen LogP contribution >= 0.6 is 0 Å². The molecular weight excluding hydrogens is 348 g/mol. The van der Waals surface area contributed by atoms with E-state index in [-0.39, 0.29) is 18.7 Å². The van der Waals surface area contributed by atoms with E-state index in [9.17, 15) is 18.4 Å². The monoisotopic (exact) mass is 363 g/mol. The summed E-state index contributed by atoms with van der Waals surface area (Å²) in [5.41, 5.74) is 0.117. The molecule has 26 heavy (non-hydrogen) atoms. The topological polar surface area (TPSA) is 73.9 Å². The van der Waals surface area contributed by atoms with Crippen LogP contribution in [0.25, 0.3) is 0 Å². The molecule has 0 aliphatic carbocycles. The molecule has 0 radical (unpaired) electrons. The molecule has 1 heterocycles. The SMILES string of the molecule is O=C(COC(=O)[C@@H]1COc2ccccc2O1)NCc1ccc(F)cc1F. The fraction of sp³-hybridized carbons (Fsp3) is 0.222. The molecular formula is C18H15F2NO5. The highest BCUT2D eigenvalue weighted by Gasteiger charge is 2.29. The van der Waals surface area contributed by atoms with E-state index in [0.717, 1.165) is 12.1 Å². The van der Waals surface area contributed by atoms with Crippen LogP contribution in [0.2, 0.25) is 0 Å². The second-order valence-electron chi connectivity index (χ2n) is 5.48. The van der Waals surface area contributed by atoms with Crippen LogP contribution in [0.5, 0.6) is 11.5 Å². The number of carbonyl (C=O) groups excluding carboxylic acids is 2. The quantitative estimate of drug-likeness (QED) is 0.822. The van der Waals surface area contributed by atoms with Crippen LogP contribution in [0.15, 0.2) is 42.5 Å². The predicted molar refractivity (Wildman–Crippen MR) is 85.5 cm³/mol. The smallest absolute Gasteiger partial charge is 0.351 e. The summed E-state index contributed by atoms with van der Waals surface area (Å²) in [4.78, 5) is 23.7. The first-order valence-corrected chi connectivity index (χ1v) is 7.78. The summed E-state index contributed by atoms with van der Waals surface area (Å²) >= 11 is 0.